The summed E-state index contributed by atoms with van der Waals surface area (Å²) in [4.78, 5) is 35.1. The molecule has 13 heteroatoms. The highest BCUT2D eigenvalue weighted by Crippen LogP contribution is 2.43. The van der Waals surface area contributed by atoms with Gasteiger partial charge in [0.25, 0.3) is 0 Å². The van der Waals surface area contributed by atoms with Crippen molar-refractivity contribution in [2.45, 2.75) is 160 Å². The van der Waals surface area contributed by atoms with Crippen LogP contribution in [0.5, 0.6) is 0 Å². The number of carbonyl (C=O) groups is 2. The first kappa shape index (κ1) is 51.6. The van der Waals surface area contributed by atoms with Crippen LogP contribution in [-0.4, -0.2) is 82.9 Å². The number of rotatable bonds is 34. The first-order valence-electron chi connectivity index (χ1n) is 21.0. The Labute approximate surface area is 336 Å². The lowest BCUT2D eigenvalue weighted by Gasteiger charge is -2.20. The fourth-order valence-corrected chi connectivity index (χ4v) is 7.02. The van der Waals surface area contributed by atoms with Crippen molar-refractivity contribution in [3.8, 4) is 0 Å². The van der Waals surface area contributed by atoms with Crippen molar-refractivity contribution in [1.29, 1.82) is 0 Å². The number of aliphatic hydroxyl groups excluding tert-OH is 3. The summed E-state index contributed by atoms with van der Waals surface area (Å²) in [5.41, 5.74) is 5.33. The number of nitrogens with two attached hydrogens (primary N) is 1. The first-order chi connectivity index (χ1) is 27.0. The lowest BCUT2D eigenvalue weighted by Crippen LogP contribution is -2.29. The van der Waals surface area contributed by atoms with E-state index in [1.807, 2.05) is 0 Å². The van der Waals surface area contributed by atoms with E-state index in [2.05, 4.69) is 50.3 Å². The number of ether oxygens (including phenoxy) is 2. The van der Waals surface area contributed by atoms with Crippen LogP contribution >= 0.6 is 7.82 Å². The SMILES string of the molecule is CCCCC/C=C\C/C=C\C/C=C\CCCCCCC(=O)O[C@H](COC(=O)C/C=C\C[C@H]1[C@@H](/C=C/[C@H](O)CCCCC)[C@H](O)C[C@@H]1O)COP(=O)(O)OCCN. The molecule has 0 spiro atoms. The van der Waals surface area contributed by atoms with Crippen LogP contribution in [-0.2, 0) is 32.7 Å². The van der Waals surface area contributed by atoms with Crippen molar-refractivity contribution in [3.63, 3.8) is 0 Å². The summed E-state index contributed by atoms with van der Waals surface area (Å²) < 4.78 is 32.7. The number of unbranched alkanes of at least 4 members (excludes halogenated alkanes) is 9. The Hall–Kier alpha value is -2.41. The summed E-state index contributed by atoms with van der Waals surface area (Å²) in [6.07, 6.45) is 32.4. The topological polar surface area (TPSA) is 195 Å². The van der Waals surface area contributed by atoms with Gasteiger partial charge in [-0.15, -0.1) is 0 Å². The fraction of sp³-hybridized carbons (Fsp3) is 0.721. The predicted octanol–water partition coefficient (Wildman–Crippen LogP) is 8.10. The minimum absolute atomic E-state index is 0.00233. The van der Waals surface area contributed by atoms with Gasteiger partial charge in [-0.25, -0.2) is 4.57 Å². The lowest BCUT2D eigenvalue weighted by atomic mass is 9.89. The molecular formula is C43H74NO11P. The summed E-state index contributed by atoms with van der Waals surface area (Å²) in [6.45, 7) is 3.17. The first-order valence-corrected chi connectivity index (χ1v) is 22.5. The maximum Gasteiger partial charge on any atom is 0.472 e. The van der Waals surface area contributed by atoms with E-state index >= 15 is 0 Å². The number of hydrogen-bond acceptors (Lipinski definition) is 11. The second-order valence-corrected chi connectivity index (χ2v) is 15.9. The van der Waals surface area contributed by atoms with Crippen molar-refractivity contribution < 1.29 is 52.9 Å². The van der Waals surface area contributed by atoms with Gasteiger partial charge >= 0.3 is 19.8 Å². The normalized spacial score (nSPS) is 21.2. The van der Waals surface area contributed by atoms with Crippen molar-refractivity contribution >= 4 is 19.8 Å². The Morgan fingerprint density at radius 3 is 2.11 bits per heavy atom. The number of allylic oxidation sites excluding steroid dienone is 7. The summed E-state index contributed by atoms with van der Waals surface area (Å²) in [7, 11) is -4.47. The van der Waals surface area contributed by atoms with Gasteiger partial charge in [0.05, 0.1) is 37.9 Å². The molecular weight excluding hydrogens is 737 g/mol. The highest BCUT2D eigenvalue weighted by molar-refractivity contribution is 7.47. The van der Waals surface area contributed by atoms with Crippen molar-refractivity contribution in [2.24, 2.45) is 17.6 Å². The number of aliphatic hydroxyl groups is 3. The number of carbonyl (C=O) groups excluding carboxylic acids is 2. The molecule has 0 amide bonds. The van der Waals surface area contributed by atoms with Crippen molar-refractivity contribution in [1.82, 2.24) is 0 Å². The highest BCUT2D eigenvalue weighted by Gasteiger charge is 2.39. The largest absolute Gasteiger partial charge is 0.472 e. The van der Waals surface area contributed by atoms with Crippen LogP contribution in [0, 0.1) is 11.8 Å². The molecule has 0 aliphatic heterocycles. The molecule has 56 heavy (non-hydrogen) atoms. The van der Waals surface area contributed by atoms with Crippen LogP contribution in [0.15, 0.2) is 60.8 Å². The Bertz CT molecular complexity index is 1220. The van der Waals surface area contributed by atoms with Gasteiger partial charge in [0.15, 0.2) is 6.10 Å². The number of phosphoric acid groups is 1. The van der Waals surface area contributed by atoms with Crippen LogP contribution in [0.25, 0.3) is 0 Å². The molecule has 0 saturated heterocycles. The molecule has 1 aliphatic carbocycles. The van der Waals surface area contributed by atoms with Gasteiger partial charge in [0.1, 0.15) is 6.61 Å². The van der Waals surface area contributed by atoms with Crippen LogP contribution in [0.2, 0.25) is 0 Å². The Morgan fingerprint density at radius 2 is 1.43 bits per heavy atom. The zero-order valence-electron chi connectivity index (χ0n) is 34.2. The molecule has 1 saturated carbocycles. The van der Waals surface area contributed by atoms with Gasteiger partial charge in [0.2, 0.25) is 0 Å². The van der Waals surface area contributed by atoms with E-state index < -0.39 is 57.4 Å². The molecule has 0 aromatic heterocycles. The van der Waals surface area contributed by atoms with Gasteiger partial charge in [-0.05, 0) is 63.7 Å². The Kier molecular flexibility index (Phi) is 30.9. The molecule has 0 heterocycles. The quantitative estimate of drug-likeness (QED) is 0.0182. The van der Waals surface area contributed by atoms with E-state index in [-0.39, 0.29) is 44.2 Å². The lowest BCUT2D eigenvalue weighted by molar-refractivity contribution is -0.160. The molecule has 7 atom stereocenters. The fourth-order valence-electron chi connectivity index (χ4n) is 6.26. The Balaban J connectivity index is 2.48. The van der Waals surface area contributed by atoms with Gasteiger partial charge < -0.3 is 35.4 Å². The van der Waals surface area contributed by atoms with Crippen LogP contribution < -0.4 is 5.73 Å². The molecule has 0 aromatic rings. The average molecular weight is 812 g/mol. The molecule has 1 aliphatic rings. The van der Waals surface area contributed by atoms with Gasteiger partial charge in [-0.2, -0.15) is 0 Å². The van der Waals surface area contributed by atoms with Gasteiger partial charge in [-0.1, -0.05) is 120 Å². The summed E-state index contributed by atoms with van der Waals surface area (Å²) >= 11 is 0. The zero-order chi connectivity index (χ0) is 41.3. The van der Waals surface area contributed by atoms with Crippen molar-refractivity contribution in [3.05, 3.63) is 60.8 Å². The second kappa shape index (κ2) is 33.6. The number of esters is 2. The maximum absolute atomic E-state index is 12.6. The summed E-state index contributed by atoms with van der Waals surface area (Å²) in [5.74, 6) is -1.77. The summed E-state index contributed by atoms with van der Waals surface area (Å²) in [6, 6.07) is 0. The van der Waals surface area contributed by atoms with E-state index in [0.29, 0.717) is 19.3 Å². The zero-order valence-corrected chi connectivity index (χ0v) is 35.1. The Morgan fingerprint density at radius 1 is 0.786 bits per heavy atom. The standard InChI is InChI=1S/C43H74NO11P/c1-3-5-7-8-9-10-11-12-13-14-15-16-17-18-19-20-22-28-43(49)55-37(35-54-56(50,51)53-32-31-44)34-52-42(48)27-24-23-26-38-39(41(47)33-40(38)46)30-29-36(45)25-21-6-4-2/h9-10,12-13,15-16,23-24,29-30,36-41,45-47H,3-8,11,14,17-22,25-28,31-35,44H2,1-2H3,(H,50,51)/b10-9-,13-12-,16-15-,24-23-,30-29+/t36-,37-,38+,39-,40+,41-/m1/s1. The van der Waals surface area contributed by atoms with Crippen LogP contribution in [0.1, 0.15) is 136 Å². The van der Waals surface area contributed by atoms with E-state index in [0.717, 1.165) is 64.2 Å². The number of hydrogen-bond donors (Lipinski definition) is 5. The molecule has 1 fully saturated rings. The third-order valence-electron chi connectivity index (χ3n) is 9.48. The molecule has 6 N–H and O–H groups in total. The molecule has 0 aromatic carbocycles. The minimum atomic E-state index is -4.47. The van der Waals surface area contributed by atoms with E-state index in [1.165, 1.54) is 19.3 Å². The van der Waals surface area contributed by atoms with Crippen LogP contribution in [0.3, 0.4) is 0 Å². The average Bonchev–Trinajstić information content (AvgIpc) is 3.44. The van der Waals surface area contributed by atoms with E-state index in [9.17, 15) is 34.4 Å². The number of phosphoric ester groups is 1. The van der Waals surface area contributed by atoms with Crippen LogP contribution in [0.4, 0.5) is 0 Å². The molecule has 0 bridgehead atoms. The van der Waals surface area contributed by atoms with Gasteiger partial charge in [0, 0.05) is 25.3 Å². The van der Waals surface area contributed by atoms with E-state index in [4.69, 9.17) is 24.3 Å². The molecule has 1 unspecified atom stereocenters. The third kappa shape index (κ3) is 27.3. The smallest absolute Gasteiger partial charge is 0.461 e. The molecule has 12 nitrogen and oxygen atoms in total. The van der Waals surface area contributed by atoms with Crippen molar-refractivity contribution in [2.75, 3.05) is 26.4 Å². The van der Waals surface area contributed by atoms with Gasteiger partial charge in [-0.3, -0.25) is 18.6 Å². The predicted molar refractivity (Wildman–Crippen MR) is 221 cm³/mol. The summed E-state index contributed by atoms with van der Waals surface area (Å²) in [5, 5.41) is 31.3. The molecule has 1 rings (SSSR count). The molecule has 0 radical (unpaired) electrons. The maximum atomic E-state index is 12.6. The monoisotopic (exact) mass is 811 g/mol. The second-order valence-electron chi connectivity index (χ2n) is 14.5. The minimum Gasteiger partial charge on any atom is -0.461 e. The third-order valence-corrected chi connectivity index (χ3v) is 10.5. The molecule has 322 valence electrons. The van der Waals surface area contributed by atoms with E-state index in [1.54, 1.807) is 24.3 Å². The highest BCUT2D eigenvalue weighted by atomic mass is 31.2.